The number of amides is 3. The van der Waals surface area contributed by atoms with E-state index in [2.05, 4.69) is 16.0 Å². The first-order valence-corrected chi connectivity index (χ1v) is 15.2. The zero-order valence-electron chi connectivity index (χ0n) is 24.8. The Morgan fingerprint density at radius 2 is 1.36 bits per heavy atom. The van der Waals surface area contributed by atoms with Gasteiger partial charge in [-0.1, -0.05) is 48.5 Å². The number of anilines is 2. The van der Waals surface area contributed by atoms with E-state index in [-0.39, 0.29) is 11.6 Å². The maximum atomic E-state index is 13.4. The van der Waals surface area contributed by atoms with Crippen molar-refractivity contribution in [2.45, 2.75) is 30.9 Å². The van der Waals surface area contributed by atoms with Gasteiger partial charge < -0.3 is 25.4 Å². The molecule has 0 radical (unpaired) electrons. The van der Waals surface area contributed by atoms with Gasteiger partial charge in [0, 0.05) is 21.7 Å². The zero-order valence-corrected chi connectivity index (χ0v) is 25.6. The zero-order chi connectivity index (χ0) is 31.3. The minimum Gasteiger partial charge on any atom is -0.493 e. The number of hydrogen-bond acceptors (Lipinski definition) is 6. The van der Waals surface area contributed by atoms with Gasteiger partial charge in [0.1, 0.15) is 17.2 Å². The van der Waals surface area contributed by atoms with Crippen LogP contribution in [0.4, 0.5) is 11.4 Å². The van der Waals surface area contributed by atoms with E-state index < -0.39 is 17.1 Å². The van der Waals surface area contributed by atoms with Gasteiger partial charge in [0.2, 0.25) is 5.91 Å². The predicted octanol–water partition coefficient (Wildman–Crippen LogP) is 7.01. The number of benzene rings is 4. The number of rotatable bonds is 13. The third-order valence-electron chi connectivity index (χ3n) is 6.29. The maximum absolute atomic E-state index is 13.4. The third-order valence-corrected chi connectivity index (χ3v) is 7.40. The lowest BCUT2D eigenvalue weighted by Gasteiger charge is -2.15. The van der Waals surface area contributed by atoms with Crippen LogP contribution in [0.3, 0.4) is 0 Å². The first-order chi connectivity index (χ1) is 21.4. The standard InChI is InChI=1S/C35H35N3O5S/c1-4-42-31-17-11-9-15-26(31)23-30(38-34(40)25-13-7-6-8-14-25)35(41)36-27-19-21-28(22-20-27)44-24(3)33(39)37-29-16-10-12-18-32(29)43-5-2/h6-24H,4-5H2,1-3H3,(H,36,41)(H,37,39)(H,38,40)/b30-23-. The van der Waals surface area contributed by atoms with Crippen LogP contribution < -0.4 is 25.4 Å². The van der Waals surface area contributed by atoms with Crippen molar-refractivity contribution in [2.75, 3.05) is 23.8 Å². The molecule has 44 heavy (non-hydrogen) atoms. The van der Waals surface area contributed by atoms with Gasteiger partial charge in [0.15, 0.2) is 0 Å². The van der Waals surface area contributed by atoms with E-state index in [0.29, 0.717) is 47.2 Å². The summed E-state index contributed by atoms with van der Waals surface area (Å²) in [5, 5.41) is 8.15. The van der Waals surface area contributed by atoms with Crippen LogP contribution in [0.2, 0.25) is 0 Å². The fraction of sp³-hybridized carbons (Fsp3) is 0.171. The normalized spacial score (nSPS) is 11.7. The van der Waals surface area contributed by atoms with Crippen LogP contribution in [0, 0.1) is 0 Å². The highest BCUT2D eigenvalue weighted by Gasteiger charge is 2.18. The lowest BCUT2D eigenvalue weighted by Crippen LogP contribution is -2.30. The monoisotopic (exact) mass is 609 g/mol. The second kappa shape index (κ2) is 16.0. The Morgan fingerprint density at radius 3 is 2.07 bits per heavy atom. The molecular formula is C35H35N3O5S. The fourth-order valence-electron chi connectivity index (χ4n) is 4.14. The molecule has 226 valence electrons. The van der Waals surface area contributed by atoms with Gasteiger partial charge in [-0.05, 0) is 81.4 Å². The van der Waals surface area contributed by atoms with Crippen LogP contribution in [0.1, 0.15) is 36.7 Å². The lowest BCUT2D eigenvalue weighted by molar-refractivity contribution is -0.115. The van der Waals surface area contributed by atoms with Crippen molar-refractivity contribution in [2.24, 2.45) is 0 Å². The van der Waals surface area contributed by atoms with Gasteiger partial charge in [-0.3, -0.25) is 14.4 Å². The number of nitrogens with one attached hydrogen (secondary N) is 3. The van der Waals surface area contributed by atoms with Crippen molar-refractivity contribution < 1.29 is 23.9 Å². The average molecular weight is 610 g/mol. The van der Waals surface area contributed by atoms with Crippen molar-refractivity contribution in [3.05, 3.63) is 120 Å². The molecule has 0 aliphatic rings. The summed E-state index contributed by atoms with van der Waals surface area (Å²) >= 11 is 1.39. The number of hydrogen-bond donors (Lipinski definition) is 3. The fourth-order valence-corrected chi connectivity index (χ4v) is 5.01. The van der Waals surface area contributed by atoms with Crippen LogP contribution in [-0.4, -0.2) is 36.2 Å². The molecule has 1 atom stereocenters. The third kappa shape index (κ3) is 8.99. The molecular weight excluding hydrogens is 574 g/mol. The van der Waals surface area contributed by atoms with Crippen LogP contribution in [-0.2, 0) is 9.59 Å². The van der Waals surface area contributed by atoms with Crippen LogP contribution in [0.15, 0.2) is 114 Å². The highest BCUT2D eigenvalue weighted by atomic mass is 32.2. The highest BCUT2D eigenvalue weighted by molar-refractivity contribution is 8.00. The molecule has 4 aromatic carbocycles. The first kappa shape index (κ1) is 31.9. The van der Waals surface area contributed by atoms with Gasteiger partial charge in [-0.15, -0.1) is 11.8 Å². The van der Waals surface area contributed by atoms with Gasteiger partial charge in [0.05, 0.1) is 24.2 Å². The number of ether oxygens (including phenoxy) is 2. The minimum atomic E-state index is -0.498. The number of carbonyl (C=O) groups is 3. The molecule has 1 unspecified atom stereocenters. The van der Waals surface area contributed by atoms with E-state index >= 15 is 0 Å². The maximum Gasteiger partial charge on any atom is 0.272 e. The van der Waals surface area contributed by atoms with Gasteiger partial charge in [-0.25, -0.2) is 0 Å². The predicted molar refractivity (Wildman–Crippen MR) is 176 cm³/mol. The molecule has 8 nitrogen and oxygen atoms in total. The van der Waals surface area contributed by atoms with E-state index in [1.165, 1.54) is 11.8 Å². The minimum absolute atomic E-state index is 0.0575. The first-order valence-electron chi connectivity index (χ1n) is 14.3. The molecule has 3 amide bonds. The van der Waals surface area contributed by atoms with Crippen molar-refractivity contribution in [1.82, 2.24) is 5.32 Å². The second-order valence-corrected chi connectivity index (χ2v) is 10.9. The second-order valence-electron chi connectivity index (χ2n) is 9.51. The molecule has 0 spiro atoms. The molecule has 9 heteroatoms. The van der Waals surface area contributed by atoms with Gasteiger partial charge in [0.25, 0.3) is 11.8 Å². The van der Waals surface area contributed by atoms with Gasteiger partial charge in [-0.2, -0.15) is 0 Å². The Kier molecular flexibility index (Phi) is 11.6. The number of para-hydroxylation sites is 3. The van der Waals surface area contributed by atoms with E-state index in [1.807, 2.05) is 75.4 Å². The summed E-state index contributed by atoms with van der Waals surface area (Å²) in [5.41, 5.74) is 2.28. The van der Waals surface area contributed by atoms with E-state index in [9.17, 15) is 14.4 Å². The molecule has 4 aromatic rings. The van der Waals surface area contributed by atoms with E-state index in [1.54, 1.807) is 54.6 Å². The molecule has 0 saturated carbocycles. The summed E-state index contributed by atoms with van der Waals surface area (Å²) in [7, 11) is 0. The Morgan fingerprint density at radius 1 is 0.750 bits per heavy atom. The largest absolute Gasteiger partial charge is 0.493 e. The summed E-state index contributed by atoms with van der Waals surface area (Å²) in [5.74, 6) is 0.145. The van der Waals surface area contributed by atoms with E-state index in [4.69, 9.17) is 9.47 Å². The molecule has 0 aliphatic carbocycles. The molecule has 0 bridgehead atoms. The molecule has 3 N–H and O–H groups in total. The van der Waals surface area contributed by atoms with Crippen LogP contribution in [0.25, 0.3) is 6.08 Å². The average Bonchev–Trinajstić information content (AvgIpc) is 3.04. The summed E-state index contributed by atoms with van der Waals surface area (Å²) in [6.07, 6.45) is 1.59. The summed E-state index contributed by atoms with van der Waals surface area (Å²) in [4.78, 5) is 40.1. The molecule has 4 rings (SSSR count). The quantitative estimate of drug-likeness (QED) is 0.111. The van der Waals surface area contributed by atoms with Crippen LogP contribution >= 0.6 is 11.8 Å². The molecule has 0 heterocycles. The number of carbonyl (C=O) groups excluding carboxylic acids is 3. The van der Waals surface area contributed by atoms with Crippen molar-refractivity contribution in [3.63, 3.8) is 0 Å². The summed E-state index contributed by atoms with van der Waals surface area (Å²) in [6, 6.07) is 30.4. The Labute approximate surface area is 261 Å². The summed E-state index contributed by atoms with van der Waals surface area (Å²) in [6.45, 7) is 6.54. The summed E-state index contributed by atoms with van der Waals surface area (Å²) < 4.78 is 11.3. The molecule has 0 aliphatic heterocycles. The van der Waals surface area contributed by atoms with Crippen molar-refractivity contribution >= 4 is 46.9 Å². The Bertz CT molecular complexity index is 1610. The number of thioether (sulfide) groups is 1. The smallest absolute Gasteiger partial charge is 0.272 e. The molecule has 0 aromatic heterocycles. The van der Waals surface area contributed by atoms with Crippen molar-refractivity contribution in [3.8, 4) is 11.5 Å². The Hall–Kier alpha value is -5.02. The van der Waals surface area contributed by atoms with Crippen molar-refractivity contribution in [1.29, 1.82) is 0 Å². The Balaban J connectivity index is 1.46. The molecule has 0 fully saturated rings. The van der Waals surface area contributed by atoms with E-state index in [0.717, 1.165) is 4.90 Å². The highest BCUT2D eigenvalue weighted by Crippen LogP contribution is 2.28. The lowest BCUT2D eigenvalue weighted by atomic mass is 10.1. The SMILES string of the molecule is CCOc1ccccc1/C=C(\NC(=O)c1ccccc1)C(=O)Nc1ccc(SC(C)C(=O)Nc2ccccc2OCC)cc1. The van der Waals surface area contributed by atoms with Gasteiger partial charge >= 0.3 is 0 Å². The topological polar surface area (TPSA) is 106 Å². The van der Waals surface area contributed by atoms with Crippen LogP contribution in [0.5, 0.6) is 11.5 Å². The molecule has 0 saturated heterocycles.